The van der Waals surface area contributed by atoms with Crippen LogP contribution in [0.3, 0.4) is 0 Å². The summed E-state index contributed by atoms with van der Waals surface area (Å²) in [6, 6.07) is 90.9. The fourth-order valence-electron chi connectivity index (χ4n) is 10.8. The minimum absolute atomic E-state index is 0.550. The molecule has 1 heterocycles. The lowest BCUT2D eigenvalue weighted by atomic mass is 9.67. The summed E-state index contributed by atoms with van der Waals surface area (Å²) in [5.41, 5.74) is 16.4. The molecule has 0 spiro atoms. The van der Waals surface area contributed by atoms with Gasteiger partial charge in [-0.1, -0.05) is 206 Å². The molecule has 1 aliphatic rings. The number of furan rings is 1. The van der Waals surface area contributed by atoms with Crippen LogP contribution in [0.5, 0.6) is 0 Å². The molecule has 13 rings (SSSR count). The number of fused-ring (bicyclic) bond motifs is 9. The van der Waals surface area contributed by atoms with Crippen LogP contribution in [0.25, 0.3) is 76.9 Å². The predicted octanol–water partition coefficient (Wildman–Crippen LogP) is 17.1. The van der Waals surface area contributed by atoms with E-state index in [2.05, 4.69) is 254 Å². The standard InChI is InChI=1S/C63H41NO/c1-3-21-47(22-4-1)63(48-23-5-2-6-24-48)58-31-13-11-27-52(58)53-38-36-50(41-59(53)63)64(49-25-15-20-45(40-49)46-34-33-42-17-7-8-19-44(42)39-46)60-32-14-12-28-54(60)55-29-16-30-56-57-37-35-43-18-9-10-26-51(43)61(57)65-62(55)56/h1-41H. The molecule has 0 bridgehead atoms. The van der Waals surface area contributed by atoms with Crippen molar-refractivity contribution in [2.45, 2.75) is 5.41 Å². The molecule has 65 heavy (non-hydrogen) atoms. The van der Waals surface area contributed by atoms with Gasteiger partial charge in [-0.3, -0.25) is 0 Å². The summed E-state index contributed by atoms with van der Waals surface area (Å²) in [7, 11) is 0. The quantitative estimate of drug-likeness (QED) is 0.159. The van der Waals surface area contributed by atoms with E-state index < -0.39 is 5.41 Å². The Morgan fingerprint density at radius 2 is 0.892 bits per heavy atom. The van der Waals surface area contributed by atoms with Gasteiger partial charge in [-0.15, -0.1) is 0 Å². The van der Waals surface area contributed by atoms with E-state index in [1.807, 2.05) is 0 Å². The first-order chi connectivity index (χ1) is 32.2. The second-order valence-electron chi connectivity index (χ2n) is 17.2. The number of anilines is 3. The smallest absolute Gasteiger partial charge is 0.143 e. The molecule has 0 saturated heterocycles. The van der Waals surface area contributed by atoms with Gasteiger partial charge in [0.15, 0.2) is 0 Å². The van der Waals surface area contributed by atoms with Gasteiger partial charge < -0.3 is 9.32 Å². The van der Waals surface area contributed by atoms with Gasteiger partial charge in [-0.05, 0) is 103 Å². The summed E-state index contributed by atoms with van der Waals surface area (Å²) < 4.78 is 7.01. The summed E-state index contributed by atoms with van der Waals surface area (Å²) in [5.74, 6) is 0. The molecule has 304 valence electrons. The van der Waals surface area contributed by atoms with Crippen molar-refractivity contribution in [3.05, 3.63) is 271 Å². The molecule has 2 heteroatoms. The summed E-state index contributed by atoms with van der Waals surface area (Å²) >= 11 is 0. The zero-order valence-corrected chi connectivity index (χ0v) is 35.5. The Balaban J connectivity index is 1.08. The Kier molecular flexibility index (Phi) is 8.47. The molecule has 11 aromatic carbocycles. The molecule has 0 saturated carbocycles. The summed E-state index contributed by atoms with van der Waals surface area (Å²) in [6.07, 6.45) is 0. The predicted molar refractivity (Wildman–Crippen MR) is 272 cm³/mol. The third-order valence-corrected chi connectivity index (χ3v) is 13.7. The van der Waals surface area contributed by atoms with Crippen LogP contribution in [0.1, 0.15) is 22.3 Å². The van der Waals surface area contributed by atoms with E-state index in [9.17, 15) is 0 Å². The van der Waals surface area contributed by atoms with Gasteiger partial charge in [0.1, 0.15) is 11.2 Å². The molecule has 0 radical (unpaired) electrons. The van der Waals surface area contributed by atoms with Gasteiger partial charge >= 0.3 is 0 Å². The average Bonchev–Trinajstić information content (AvgIpc) is 3.91. The fourth-order valence-corrected chi connectivity index (χ4v) is 10.8. The first-order valence-corrected chi connectivity index (χ1v) is 22.4. The van der Waals surface area contributed by atoms with Gasteiger partial charge in [-0.25, -0.2) is 0 Å². The van der Waals surface area contributed by atoms with E-state index >= 15 is 0 Å². The van der Waals surface area contributed by atoms with Gasteiger partial charge in [0.25, 0.3) is 0 Å². The van der Waals surface area contributed by atoms with Crippen LogP contribution in [-0.2, 0) is 5.41 Å². The van der Waals surface area contributed by atoms with Crippen LogP contribution in [-0.4, -0.2) is 0 Å². The van der Waals surface area contributed by atoms with E-state index in [-0.39, 0.29) is 0 Å². The molecule has 0 atom stereocenters. The first-order valence-electron chi connectivity index (χ1n) is 22.4. The van der Waals surface area contributed by atoms with E-state index in [1.54, 1.807) is 0 Å². The topological polar surface area (TPSA) is 16.4 Å². The normalized spacial score (nSPS) is 12.7. The Morgan fingerprint density at radius 3 is 1.72 bits per heavy atom. The van der Waals surface area contributed by atoms with E-state index in [0.717, 1.165) is 61.1 Å². The first kappa shape index (κ1) is 37.1. The lowest BCUT2D eigenvalue weighted by Gasteiger charge is -2.35. The van der Waals surface area contributed by atoms with E-state index in [1.165, 1.54) is 55.1 Å². The van der Waals surface area contributed by atoms with Gasteiger partial charge in [-0.2, -0.15) is 0 Å². The highest BCUT2D eigenvalue weighted by molar-refractivity contribution is 6.17. The fraction of sp³-hybridized carbons (Fsp3) is 0.0159. The lowest BCUT2D eigenvalue weighted by Crippen LogP contribution is -2.28. The Morgan fingerprint density at radius 1 is 0.308 bits per heavy atom. The van der Waals surface area contributed by atoms with Gasteiger partial charge in [0, 0.05) is 38.7 Å². The Labute approximate surface area is 377 Å². The molecule has 1 aliphatic carbocycles. The second-order valence-corrected chi connectivity index (χ2v) is 17.2. The highest BCUT2D eigenvalue weighted by atomic mass is 16.3. The zero-order chi connectivity index (χ0) is 42.9. The molecular formula is C63H41NO. The summed E-state index contributed by atoms with van der Waals surface area (Å²) in [4.78, 5) is 2.46. The number of hydrogen-bond donors (Lipinski definition) is 0. The maximum absolute atomic E-state index is 7.01. The largest absolute Gasteiger partial charge is 0.455 e. The zero-order valence-electron chi connectivity index (χ0n) is 35.5. The van der Waals surface area contributed by atoms with Crippen LogP contribution in [0.4, 0.5) is 17.1 Å². The van der Waals surface area contributed by atoms with E-state index in [0.29, 0.717) is 0 Å². The van der Waals surface area contributed by atoms with Crippen LogP contribution in [0.15, 0.2) is 253 Å². The van der Waals surface area contributed by atoms with Crippen LogP contribution < -0.4 is 4.90 Å². The summed E-state index contributed by atoms with van der Waals surface area (Å²) in [6.45, 7) is 0. The summed E-state index contributed by atoms with van der Waals surface area (Å²) in [5, 5.41) is 6.96. The monoisotopic (exact) mass is 827 g/mol. The number of para-hydroxylation sites is 2. The maximum Gasteiger partial charge on any atom is 0.143 e. The van der Waals surface area contributed by atoms with Crippen LogP contribution in [0.2, 0.25) is 0 Å². The second kappa shape index (κ2) is 14.8. The van der Waals surface area contributed by atoms with Crippen molar-refractivity contribution in [3.63, 3.8) is 0 Å². The average molecular weight is 828 g/mol. The minimum Gasteiger partial charge on any atom is -0.455 e. The molecule has 12 aromatic rings. The number of hydrogen-bond acceptors (Lipinski definition) is 2. The molecule has 0 N–H and O–H groups in total. The van der Waals surface area contributed by atoms with Crippen molar-refractivity contribution in [2.75, 3.05) is 4.90 Å². The van der Waals surface area contributed by atoms with Crippen LogP contribution in [0, 0.1) is 0 Å². The molecule has 0 aliphatic heterocycles. The van der Waals surface area contributed by atoms with Crippen molar-refractivity contribution in [1.82, 2.24) is 0 Å². The highest BCUT2D eigenvalue weighted by Crippen LogP contribution is 2.57. The lowest BCUT2D eigenvalue weighted by molar-refractivity contribution is 0.674. The molecule has 0 fully saturated rings. The molecule has 2 nitrogen and oxygen atoms in total. The molecular weight excluding hydrogens is 787 g/mol. The van der Waals surface area contributed by atoms with Crippen molar-refractivity contribution in [1.29, 1.82) is 0 Å². The van der Waals surface area contributed by atoms with E-state index in [4.69, 9.17) is 4.42 Å². The van der Waals surface area contributed by atoms with Crippen molar-refractivity contribution < 1.29 is 4.42 Å². The highest BCUT2D eigenvalue weighted by Gasteiger charge is 2.46. The molecule has 0 amide bonds. The Hall–Kier alpha value is -8.46. The van der Waals surface area contributed by atoms with Gasteiger partial charge in [0.2, 0.25) is 0 Å². The maximum atomic E-state index is 7.01. The number of benzene rings is 11. The Bertz CT molecular complexity index is 3750. The molecule has 1 aromatic heterocycles. The third-order valence-electron chi connectivity index (χ3n) is 13.7. The number of rotatable bonds is 7. The van der Waals surface area contributed by atoms with Crippen LogP contribution >= 0.6 is 0 Å². The number of nitrogens with zero attached hydrogens (tertiary/aromatic N) is 1. The SMILES string of the molecule is c1ccc(C2(c3ccccc3)c3ccccc3-c3ccc(N(c4cccc(-c5ccc6ccccc6c5)c4)c4ccccc4-c4cccc5c4oc4c6ccccc6ccc54)cc32)cc1. The van der Waals surface area contributed by atoms with Crippen molar-refractivity contribution in [3.8, 4) is 33.4 Å². The van der Waals surface area contributed by atoms with Gasteiger partial charge in [0.05, 0.1) is 11.1 Å². The minimum atomic E-state index is -0.550. The third kappa shape index (κ3) is 5.74. The molecule has 0 unspecified atom stereocenters. The van der Waals surface area contributed by atoms with Crippen molar-refractivity contribution >= 4 is 60.5 Å². The van der Waals surface area contributed by atoms with Crippen molar-refractivity contribution in [2.24, 2.45) is 0 Å².